The SMILES string of the molecule is CC/C=C\C/C=C\C/C=C\C/C=C\C=C\C(O)CCCC(=O)OC[C@H](COP(=O)(O)OC1[C@H](O)[C@H](O)C(O)[C@H](O)[C@H]1O)OC(=O)CCCCCC/C=C\C/C=C\C/C=C\CCCCC. The van der Waals surface area contributed by atoms with Crippen molar-refractivity contribution in [3.05, 3.63) is 97.2 Å². The third-order valence-corrected chi connectivity index (χ3v) is 11.0. The van der Waals surface area contributed by atoms with E-state index in [0.29, 0.717) is 6.42 Å². The maximum absolute atomic E-state index is 12.8. The van der Waals surface area contributed by atoms with E-state index in [9.17, 15) is 49.7 Å². The second kappa shape index (κ2) is 37.9. The number of carbonyl (C=O) groups is 2. The Morgan fingerprint density at radius 2 is 1.08 bits per heavy atom. The summed E-state index contributed by atoms with van der Waals surface area (Å²) in [5.41, 5.74) is 0. The highest BCUT2D eigenvalue weighted by atomic mass is 31.2. The number of hydrogen-bond acceptors (Lipinski definition) is 13. The third kappa shape index (κ3) is 30.0. The highest BCUT2D eigenvalue weighted by Gasteiger charge is 2.51. The lowest BCUT2D eigenvalue weighted by Gasteiger charge is -2.41. The Hall–Kier alpha value is -3.27. The van der Waals surface area contributed by atoms with Crippen LogP contribution < -0.4 is 0 Å². The first-order valence-electron chi connectivity index (χ1n) is 23.1. The highest BCUT2D eigenvalue weighted by Crippen LogP contribution is 2.47. The summed E-state index contributed by atoms with van der Waals surface area (Å²) < 4.78 is 33.4. The fourth-order valence-electron chi connectivity index (χ4n) is 6.26. The summed E-state index contributed by atoms with van der Waals surface area (Å²) in [5, 5.41) is 60.5. The Morgan fingerprint density at radius 3 is 1.66 bits per heavy atom. The van der Waals surface area contributed by atoms with E-state index < -0.39 is 81.8 Å². The summed E-state index contributed by atoms with van der Waals surface area (Å²) in [6, 6.07) is 0. The van der Waals surface area contributed by atoms with E-state index in [2.05, 4.69) is 86.8 Å². The maximum Gasteiger partial charge on any atom is 0.472 e. The molecule has 0 aromatic carbocycles. The van der Waals surface area contributed by atoms with Crippen LogP contribution in [0.4, 0.5) is 0 Å². The number of phosphoric acid groups is 1. The molecule has 0 bridgehead atoms. The molecule has 0 saturated heterocycles. The molecule has 0 aromatic heterocycles. The Kier molecular flexibility index (Phi) is 34.8. The van der Waals surface area contributed by atoms with Gasteiger partial charge in [0.25, 0.3) is 0 Å². The Bertz CT molecular complexity index is 1500. The van der Waals surface area contributed by atoms with Crippen molar-refractivity contribution < 1.29 is 68.2 Å². The molecule has 1 aliphatic carbocycles. The first-order chi connectivity index (χ1) is 30.8. The molecule has 1 fully saturated rings. The van der Waals surface area contributed by atoms with Crippen molar-refractivity contribution in [1.82, 2.24) is 0 Å². The Balaban J connectivity index is 2.58. The summed E-state index contributed by atoms with van der Waals surface area (Å²) in [5.74, 6) is -1.34. The van der Waals surface area contributed by atoms with E-state index in [4.69, 9.17) is 18.5 Å². The second-order valence-corrected chi connectivity index (χ2v) is 17.1. The molecule has 64 heavy (non-hydrogen) atoms. The second-order valence-electron chi connectivity index (χ2n) is 15.7. The molecule has 1 saturated carbocycles. The molecular weight excluding hydrogens is 843 g/mol. The largest absolute Gasteiger partial charge is 0.472 e. The summed E-state index contributed by atoms with van der Waals surface area (Å²) >= 11 is 0. The summed E-state index contributed by atoms with van der Waals surface area (Å²) in [7, 11) is -5.18. The molecule has 0 radical (unpaired) electrons. The molecule has 0 heterocycles. The van der Waals surface area contributed by atoms with Crippen molar-refractivity contribution in [1.29, 1.82) is 0 Å². The lowest BCUT2D eigenvalue weighted by molar-refractivity contribution is -0.220. The number of aliphatic hydroxyl groups excluding tert-OH is 6. The van der Waals surface area contributed by atoms with Crippen LogP contribution in [0, 0.1) is 0 Å². The zero-order valence-electron chi connectivity index (χ0n) is 38.1. The van der Waals surface area contributed by atoms with Gasteiger partial charge in [0, 0.05) is 12.8 Å². The maximum atomic E-state index is 12.8. The molecule has 4 unspecified atom stereocenters. The van der Waals surface area contributed by atoms with Crippen LogP contribution in [0.25, 0.3) is 0 Å². The monoisotopic (exact) mass is 923 g/mol. The van der Waals surface area contributed by atoms with E-state index in [1.165, 1.54) is 19.3 Å². The van der Waals surface area contributed by atoms with Crippen LogP contribution in [-0.4, -0.2) is 110 Å². The Labute approximate surface area is 382 Å². The minimum atomic E-state index is -5.18. The van der Waals surface area contributed by atoms with Gasteiger partial charge in [0.05, 0.1) is 12.7 Å². The number of esters is 2. The number of hydrogen-bond donors (Lipinski definition) is 7. The van der Waals surface area contributed by atoms with E-state index in [0.717, 1.165) is 70.6 Å². The van der Waals surface area contributed by atoms with Crippen molar-refractivity contribution in [2.75, 3.05) is 13.2 Å². The molecule has 15 heteroatoms. The smallest absolute Gasteiger partial charge is 0.462 e. The van der Waals surface area contributed by atoms with Gasteiger partial charge in [0.15, 0.2) is 6.10 Å². The minimum absolute atomic E-state index is 0.0241. The number of rotatable bonds is 36. The third-order valence-electron chi connectivity index (χ3n) is 10.0. The first kappa shape index (κ1) is 58.7. The summed E-state index contributed by atoms with van der Waals surface area (Å²) in [6.07, 6.45) is 33.3. The molecular formula is C49H79O14P. The van der Waals surface area contributed by atoms with Gasteiger partial charge in [-0.05, 0) is 83.5 Å². The van der Waals surface area contributed by atoms with Crippen molar-refractivity contribution in [2.45, 2.75) is 185 Å². The lowest BCUT2D eigenvalue weighted by atomic mass is 9.85. The summed E-state index contributed by atoms with van der Waals surface area (Å²) in [6.45, 7) is 2.95. The molecule has 14 nitrogen and oxygen atoms in total. The molecule has 0 amide bonds. The molecule has 7 N–H and O–H groups in total. The number of carbonyl (C=O) groups excluding carboxylic acids is 2. The fraction of sp³-hybridized carbons (Fsp3) is 0.633. The van der Waals surface area contributed by atoms with E-state index in [-0.39, 0.29) is 25.7 Å². The number of ether oxygens (including phenoxy) is 2. The van der Waals surface area contributed by atoms with Gasteiger partial charge in [-0.3, -0.25) is 18.6 Å². The summed E-state index contributed by atoms with van der Waals surface area (Å²) in [4.78, 5) is 35.7. The topological polar surface area (TPSA) is 230 Å². The van der Waals surface area contributed by atoms with Crippen LogP contribution in [0.5, 0.6) is 0 Å². The zero-order chi connectivity index (χ0) is 47.3. The van der Waals surface area contributed by atoms with Gasteiger partial charge in [-0.25, -0.2) is 4.57 Å². The van der Waals surface area contributed by atoms with E-state index in [1.807, 2.05) is 12.2 Å². The van der Waals surface area contributed by atoms with Gasteiger partial charge in [-0.1, -0.05) is 137 Å². The average Bonchev–Trinajstić information content (AvgIpc) is 3.27. The number of allylic oxidation sites excluding steroid dienone is 15. The fourth-order valence-corrected chi connectivity index (χ4v) is 7.23. The molecule has 0 spiro atoms. The normalized spacial score (nSPS) is 23.0. The van der Waals surface area contributed by atoms with Crippen LogP contribution in [0.3, 0.4) is 0 Å². The lowest BCUT2D eigenvalue weighted by Crippen LogP contribution is -2.64. The van der Waals surface area contributed by atoms with Crippen LogP contribution in [0.1, 0.15) is 136 Å². The predicted octanol–water partition coefficient (Wildman–Crippen LogP) is 8.02. The van der Waals surface area contributed by atoms with Gasteiger partial charge in [-0.2, -0.15) is 0 Å². The molecule has 364 valence electrons. The van der Waals surface area contributed by atoms with Crippen LogP contribution in [0.15, 0.2) is 97.2 Å². The Morgan fingerprint density at radius 1 is 0.578 bits per heavy atom. The van der Waals surface area contributed by atoms with Crippen molar-refractivity contribution in [3.63, 3.8) is 0 Å². The molecule has 0 aliphatic heterocycles. The average molecular weight is 923 g/mol. The van der Waals surface area contributed by atoms with Crippen molar-refractivity contribution in [3.8, 4) is 0 Å². The molecule has 0 aromatic rings. The van der Waals surface area contributed by atoms with Crippen molar-refractivity contribution in [2.24, 2.45) is 0 Å². The van der Waals surface area contributed by atoms with Gasteiger partial charge < -0.3 is 45.0 Å². The predicted molar refractivity (Wildman–Crippen MR) is 250 cm³/mol. The molecule has 9 atom stereocenters. The number of aliphatic hydroxyl groups is 6. The van der Waals surface area contributed by atoms with Crippen LogP contribution in [0.2, 0.25) is 0 Å². The molecule has 1 rings (SSSR count). The van der Waals surface area contributed by atoms with Gasteiger partial charge in [-0.15, -0.1) is 0 Å². The first-order valence-corrected chi connectivity index (χ1v) is 24.6. The van der Waals surface area contributed by atoms with Gasteiger partial charge in [0.1, 0.15) is 43.2 Å². The van der Waals surface area contributed by atoms with E-state index in [1.54, 1.807) is 12.2 Å². The van der Waals surface area contributed by atoms with E-state index >= 15 is 0 Å². The highest BCUT2D eigenvalue weighted by molar-refractivity contribution is 7.47. The van der Waals surface area contributed by atoms with Crippen LogP contribution >= 0.6 is 7.82 Å². The van der Waals surface area contributed by atoms with Crippen LogP contribution in [-0.2, 0) is 32.7 Å². The van der Waals surface area contributed by atoms with Gasteiger partial charge in [0.2, 0.25) is 0 Å². The van der Waals surface area contributed by atoms with Crippen molar-refractivity contribution >= 4 is 19.8 Å². The van der Waals surface area contributed by atoms with Gasteiger partial charge >= 0.3 is 19.8 Å². The number of phosphoric ester groups is 1. The quantitative estimate of drug-likeness (QED) is 0.0104. The minimum Gasteiger partial charge on any atom is -0.462 e. The zero-order valence-corrected chi connectivity index (χ0v) is 39.0. The number of unbranched alkanes of at least 4 members (excludes halogenated alkanes) is 7. The molecule has 1 aliphatic rings. The standard InChI is InChI=1S/C49H79O14P/c1-3-5-7-9-11-13-15-17-18-19-20-22-24-26-28-30-32-36-43(52)62-41(39-61-64(58,59)63-49-47(56)45(54)44(53)46(55)48(49)57)38-60-42(51)37-33-35-40(50)34-31-29-27-25-23-21-16-14-12-10-8-6-4-2/h6,8,11-14,17-18,20-23,27,29,31,34,40-41,44-50,53-57H,3-5,7,9-10,15-16,19,24-26,28,30,32-33,35-39H2,1-2H3,(H,58,59)/b8-6-,13-11-,14-12-,18-17-,22-20-,23-21-,29-27-,34-31+/t40?,41-,44?,45-,46+,47-,48-,49?/m1/s1.